The molecule has 0 aliphatic heterocycles. The van der Waals surface area contributed by atoms with E-state index in [1.807, 2.05) is 0 Å². The molecular formula is C13H12N2O4S. The molecule has 2 rings (SSSR count). The van der Waals surface area contributed by atoms with E-state index in [1.165, 1.54) is 42.7 Å². The third-order valence-corrected chi connectivity index (χ3v) is 3.05. The van der Waals surface area contributed by atoms with Gasteiger partial charge in [-0.05, 0) is 24.3 Å². The van der Waals surface area contributed by atoms with Crippen LogP contribution in [0.2, 0.25) is 0 Å². The van der Waals surface area contributed by atoms with Gasteiger partial charge in [0.2, 0.25) is 0 Å². The fourth-order valence-corrected chi connectivity index (χ4v) is 1.93. The van der Waals surface area contributed by atoms with Gasteiger partial charge in [0.05, 0.1) is 12.7 Å². The fraction of sp³-hybridized carbons (Fsp3) is 0.154. The molecule has 1 heterocycles. The van der Waals surface area contributed by atoms with Crippen LogP contribution in [0.25, 0.3) is 0 Å². The average Bonchev–Trinajstić information content (AvgIpc) is 2.98. The molecule has 20 heavy (non-hydrogen) atoms. The molecular weight excluding hydrogens is 280 g/mol. The summed E-state index contributed by atoms with van der Waals surface area (Å²) in [6.45, 7) is 0.0201. The molecule has 6 nitrogen and oxygen atoms in total. The molecule has 1 aromatic heterocycles. The Kier molecular flexibility index (Phi) is 4.67. The number of thiazole rings is 1. The van der Waals surface area contributed by atoms with Gasteiger partial charge in [-0.3, -0.25) is 0 Å². The highest BCUT2D eigenvalue weighted by Crippen LogP contribution is 2.14. The van der Waals surface area contributed by atoms with E-state index >= 15 is 0 Å². The van der Waals surface area contributed by atoms with Crippen LogP contribution in [0.5, 0.6) is 5.75 Å². The number of benzene rings is 1. The minimum absolute atomic E-state index is 0.0201. The predicted octanol–water partition coefficient (Wildman–Crippen LogP) is 1.95. The molecule has 0 aliphatic rings. The van der Waals surface area contributed by atoms with Crippen molar-refractivity contribution >= 4 is 28.4 Å². The second-order valence-corrected chi connectivity index (χ2v) is 4.58. The number of methoxy groups -OCH3 is 1. The predicted molar refractivity (Wildman–Crippen MR) is 74.0 cm³/mol. The van der Waals surface area contributed by atoms with Crippen LogP contribution < -0.4 is 10.1 Å². The molecule has 0 saturated carbocycles. The Morgan fingerprint density at radius 1 is 1.30 bits per heavy atom. The normalized spacial score (nSPS) is 9.85. The van der Waals surface area contributed by atoms with Gasteiger partial charge in [0.25, 0.3) is 0 Å². The number of nitrogens with one attached hydrogen (secondary N) is 1. The highest BCUT2D eigenvalue weighted by molar-refractivity contribution is 7.13. The van der Waals surface area contributed by atoms with Crippen molar-refractivity contribution in [1.29, 1.82) is 0 Å². The quantitative estimate of drug-likeness (QED) is 0.670. The molecule has 0 radical (unpaired) electrons. The van der Waals surface area contributed by atoms with Gasteiger partial charge in [-0.25, -0.2) is 14.6 Å². The van der Waals surface area contributed by atoms with Gasteiger partial charge in [0.15, 0.2) is 5.13 Å². The van der Waals surface area contributed by atoms with Crippen molar-refractivity contribution in [2.45, 2.75) is 0 Å². The second kappa shape index (κ2) is 6.67. The molecule has 0 amide bonds. The maximum absolute atomic E-state index is 11.6. The topological polar surface area (TPSA) is 77.5 Å². The summed E-state index contributed by atoms with van der Waals surface area (Å²) in [6, 6.07) is 6.13. The van der Waals surface area contributed by atoms with E-state index in [0.29, 0.717) is 16.4 Å². The summed E-state index contributed by atoms with van der Waals surface area (Å²) < 4.78 is 9.68. The molecule has 0 aliphatic carbocycles. The van der Waals surface area contributed by atoms with Gasteiger partial charge in [-0.2, -0.15) is 0 Å². The van der Waals surface area contributed by atoms with Crippen molar-refractivity contribution in [3.63, 3.8) is 0 Å². The standard InChI is InChI=1S/C13H12N2O4S/c1-18-12(17)9-2-4-10(5-3-9)19-11(16)8-15-13-14-6-7-20-13/h2-7H,8H2,1H3,(H,14,15). The van der Waals surface area contributed by atoms with Crippen molar-refractivity contribution in [2.75, 3.05) is 19.0 Å². The number of carbonyl (C=O) groups is 2. The molecule has 2 aromatic rings. The number of hydrogen-bond donors (Lipinski definition) is 1. The van der Waals surface area contributed by atoms with Gasteiger partial charge >= 0.3 is 11.9 Å². The molecule has 0 fully saturated rings. The highest BCUT2D eigenvalue weighted by atomic mass is 32.1. The molecule has 1 N–H and O–H groups in total. The van der Waals surface area contributed by atoms with Crippen LogP contribution in [0.15, 0.2) is 35.8 Å². The molecule has 104 valence electrons. The van der Waals surface area contributed by atoms with E-state index < -0.39 is 11.9 Å². The molecule has 0 saturated heterocycles. The number of nitrogens with zero attached hydrogens (tertiary/aromatic N) is 1. The van der Waals surface area contributed by atoms with E-state index in [-0.39, 0.29) is 6.54 Å². The first kappa shape index (κ1) is 14.0. The maximum atomic E-state index is 11.6. The zero-order valence-corrected chi connectivity index (χ0v) is 11.5. The van der Waals surface area contributed by atoms with E-state index in [9.17, 15) is 9.59 Å². The van der Waals surface area contributed by atoms with Crippen LogP contribution in [-0.4, -0.2) is 30.6 Å². The van der Waals surface area contributed by atoms with Crippen LogP contribution in [0.4, 0.5) is 5.13 Å². The monoisotopic (exact) mass is 292 g/mol. The van der Waals surface area contributed by atoms with Crippen LogP contribution in [0, 0.1) is 0 Å². The smallest absolute Gasteiger partial charge is 0.337 e. The Hall–Kier alpha value is -2.41. The lowest BCUT2D eigenvalue weighted by Crippen LogP contribution is -2.19. The molecule has 0 spiro atoms. The highest BCUT2D eigenvalue weighted by Gasteiger charge is 2.08. The van der Waals surface area contributed by atoms with Crippen molar-refractivity contribution in [3.05, 3.63) is 41.4 Å². The van der Waals surface area contributed by atoms with Crippen LogP contribution in [0.3, 0.4) is 0 Å². The van der Waals surface area contributed by atoms with Crippen LogP contribution in [-0.2, 0) is 9.53 Å². The number of carbonyl (C=O) groups excluding carboxylic acids is 2. The zero-order chi connectivity index (χ0) is 14.4. The van der Waals surface area contributed by atoms with Gasteiger partial charge in [-0.1, -0.05) is 0 Å². The fourth-order valence-electron chi connectivity index (χ4n) is 1.40. The molecule has 0 unspecified atom stereocenters. The Morgan fingerprint density at radius 3 is 2.65 bits per heavy atom. The summed E-state index contributed by atoms with van der Waals surface area (Å²) in [7, 11) is 1.31. The van der Waals surface area contributed by atoms with Gasteiger partial charge in [-0.15, -0.1) is 11.3 Å². The number of aromatic nitrogens is 1. The first-order chi connectivity index (χ1) is 9.69. The Labute approximate surface area is 119 Å². The summed E-state index contributed by atoms with van der Waals surface area (Å²) in [5, 5.41) is 5.30. The molecule has 0 atom stereocenters. The number of ether oxygens (including phenoxy) is 2. The van der Waals surface area contributed by atoms with Crippen LogP contribution in [0.1, 0.15) is 10.4 Å². The molecule has 1 aromatic carbocycles. The van der Waals surface area contributed by atoms with Crippen molar-refractivity contribution < 1.29 is 19.1 Å². The van der Waals surface area contributed by atoms with Crippen molar-refractivity contribution in [1.82, 2.24) is 4.98 Å². The van der Waals surface area contributed by atoms with E-state index in [0.717, 1.165) is 0 Å². The number of rotatable bonds is 5. The minimum Gasteiger partial charge on any atom is -0.465 e. The summed E-state index contributed by atoms with van der Waals surface area (Å²) in [5.74, 6) is -0.511. The average molecular weight is 292 g/mol. The Bertz CT molecular complexity index is 581. The Morgan fingerprint density at radius 2 is 2.05 bits per heavy atom. The third-order valence-electron chi connectivity index (χ3n) is 2.32. The summed E-state index contributed by atoms with van der Waals surface area (Å²) in [5.41, 5.74) is 0.396. The number of esters is 2. The summed E-state index contributed by atoms with van der Waals surface area (Å²) in [6.07, 6.45) is 1.64. The first-order valence-electron chi connectivity index (χ1n) is 5.71. The SMILES string of the molecule is COC(=O)c1ccc(OC(=O)CNc2nccs2)cc1. The lowest BCUT2D eigenvalue weighted by atomic mass is 10.2. The van der Waals surface area contributed by atoms with E-state index in [1.54, 1.807) is 11.6 Å². The number of anilines is 1. The van der Waals surface area contributed by atoms with Crippen molar-refractivity contribution in [2.24, 2.45) is 0 Å². The lowest BCUT2D eigenvalue weighted by Gasteiger charge is -2.05. The largest absolute Gasteiger partial charge is 0.465 e. The summed E-state index contributed by atoms with van der Waals surface area (Å²) >= 11 is 1.40. The van der Waals surface area contributed by atoms with Gasteiger partial charge in [0.1, 0.15) is 12.3 Å². The molecule has 7 heteroatoms. The van der Waals surface area contributed by atoms with Gasteiger partial charge in [0, 0.05) is 11.6 Å². The van der Waals surface area contributed by atoms with Crippen molar-refractivity contribution in [3.8, 4) is 5.75 Å². The first-order valence-corrected chi connectivity index (χ1v) is 6.59. The number of hydrogen-bond acceptors (Lipinski definition) is 7. The maximum Gasteiger partial charge on any atom is 0.337 e. The van der Waals surface area contributed by atoms with E-state index in [4.69, 9.17) is 4.74 Å². The minimum atomic E-state index is -0.439. The zero-order valence-electron chi connectivity index (χ0n) is 10.7. The Balaban J connectivity index is 1.86. The summed E-state index contributed by atoms with van der Waals surface area (Å²) in [4.78, 5) is 26.8. The third kappa shape index (κ3) is 3.79. The van der Waals surface area contributed by atoms with Crippen LogP contribution >= 0.6 is 11.3 Å². The second-order valence-electron chi connectivity index (χ2n) is 3.68. The van der Waals surface area contributed by atoms with E-state index in [2.05, 4.69) is 15.0 Å². The molecule has 0 bridgehead atoms. The van der Waals surface area contributed by atoms with Gasteiger partial charge < -0.3 is 14.8 Å². The lowest BCUT2D eigenvalue weighted by molar-refractivity contribution is -0.132.